The van der Waals surface area contributed by atoms with Gasteiger partial charge in [0.25, 0.3) is 0 Å². The number of aryl methyl sites for hydroxylation is 3. The fourth-order valence-corrected chi connectivity index (χ4v) is 6.12. The predicted octanol–water partition coefficient (Wildman–Crippen LogP) is 6.31. The van der Waals surface area contributed by atoms with E-state index < -0.39 is 0 Å². The normalized spacial score (nSPS) is 15.0. The second kappa shape index (κ2) is 8.32. The van der Waals surface area contributed by atoms with Gasteiger partial charge in [-0.3, -0.25) is 4.57 Å². The number of anilines is 1. The lowest BCUT2D eigenvalue weighted by atomic mass is 9.94. The summed E-state index contributed by atoms with van der Waals surface area (Å²) >= 11 is 7.36. The van der Waals surface area contributed by atoms with Crippen molar-refractivity contribution in [3.05, 3.63) is 43.7 Å². The molecule has 30 heavy (non-hydrogen) atoms. The molecule has 7 heteroatoms. The van der Waals surface area contributed by atoms with Gasteiger partial charge < -0.3 is 4.90 Å². The van der Waals surface area contributed by atoms with E-state index in [0.29, 0.717) is 12.3 Å². The van der Waals surface area contributed by atoms with Crippen LogP contribution in [0.2, 0.25) is 0 Å². The number of nitriles is 1. The molecular weight excluding hydrogens is 506 g/mol. The zero-order chi connectivity index (χ0) is 21.6. The maximum atomic E-state index is 9.03. The van der Waals surface area contributed by atoms with Crippen molar-refractivity contribution in [3.63, 3.8) is 0 Å². The number of piperidine rings is 1. The highest BCUT2D eigenvalue weighted by molar-refractivity contribution is 9.11. The van der Waals surface area contributed by atoms with Gasteiger partial charge in [-0.1, -0.05) is 15.9 Å². The Hall–Kier alpha value is -1.91. The maximum Gasteiger partial charge on any atom is 0.150 e. The Labute approximate surface area is 194 Å². The van der Waals surface area contributed by atoms with Gasteiger partial charge in [-0.15, -0.1) is 0 Å². The third-order valence-electron chi connectivity index (χ3n) is 6.18. The van der Waals surface area contributed by atoms with Crippen LogP contribution in [-0.4, -0.2) is 27.6 Å². The summed E-state index contributed by atoms with van der Waals surface area (Å²) in [5, 5.41) is 10.2. The van der Waals surface area contributed by atoms with Crippen molar-refractivity contribution in [1.82, 2.24) is 14.5 Å². The molecule has 1 fully saturated rings. The molecule has 0 atom stereocenters. The molecule has 0 bridgehead atoms. The average Bonchev–Trinajstić information content (AvgIpc) is 2.92. The van der Waals surface area contributed by atoms with Crippen LogP contribution >= 0.6 is 31.9 Å². The van der Waals surface area contributed by atoms with Crippen LogP contribution < -0.4 is 4.90 Å². The van der Waals surface area contributed by atoms with Crippen LogP contribution in [0.4, 0.5) is 5.82 Å². The molecule has 0 aliphatic carbocycles. The van der Waals surface area contributed by atoms with Gasteiger partial charge in [0.1, 0.15) is 11.6 Å². The summed E-state index contributed by atoms with van der Waals surface area (Å²) in [4.78, 5) is 12.1. The summed E-state index contributed by atoms with van der Waals surface area (Å²) < 4.78 is 4.34. The van der Waals surface area contributed by atoms with Gasteiger partial charge in [-0.2, -0.15) is 5.26 Å². The third-order valence-corrected chi connectivity index (χ3v) is 7.25. The van der Waals surface area contributed by atoms with Crippen LogP contribution in [0.1, 0.15) is 41.9 Å². The molecule has 3 aromatic rings. The molecule has 0 N–H and O–H groups in total. The van der Waals surface area contributed by atoms with E-state index in [2.05, 4.69) is 80.3 Å². The summed E-state index contributed by atoms with van der Waals surface area (Å²) in [6, 6.07) is 6.54. The number of rotatable bonds is 3. The van der Waals surface area contributed by atoms with Crippen molar-refractivity contribution in [2.24, 2.45) is 5.92 Å². The first-order chi connectivity index (χ1) is 14.3. The van der Waals surface area contributed by atoms with Gasteiger partial charge in [-0.25, -0.2) is 9.97 Å². The van der Waals surface area contributed by atoms with E-state index in [1.54, 1.807) is 0 Å². The lowest BCUT2D eigenvalue weighted by Gasteiger charge is -2.32. The first-order valence-electron chi connectivity index (χ1n) is 10.3. The van der Waals surface area contributed by atoms with Gasteiger partial charge in [0, 0.05) is 34.1 Å². The van der Waals surface area contributed by atoms with Gasteiger partial charge >= 0.3 is 0 Å². The molecule has 3 heterocycles. The third kappa shape index (κ3) is 3.65. The minimum atomic E-state index is 0.499. The largest absolute Gasteiger partial charge is 0.356 e. The van der Waals surface area contributed by atoms with E-state index in [-0.39, 0.29) is 0 Å². The Morgan fingerprint density at radius 2 is 1.80 bits per heavy atom. The highest BCUT2D eigenvalue weighted by atomic mass is 79.9. The molecule has 5 nitrogen and oxygen atoms in total. The van der Waals surface area contributed by atoms with Gasteiger partial charge in [0.05, 0.1) is 17.1 Å². The van der Waals surface area contributed by atoms with Crippen molar-refractivity contribution < 1.29 is 0 Å². The summed E-state index contributed by atoms with van der Waals surface area (Å²) in [7, 11) is 0. The fourth-order valence-electron chi connectivity index (χ4n) is 4.51. The standard InChI is InChI=1S/C23H25Br2N5/c1-13-11-18(24)12-19(25)21(13)30-15(3)14(2)20-22(27-16(4)28-23(20)30)29-9-6-17(5-8-26)7-10-29/h11-12,17H,5-7,9-10H2,1-4H3. The van der Waals surface area contributed by atoms with Gasteiger partial charge in [0.15, 0.2) is 5.65 Å². The first kappa shape index (κ1) is 21.3. The zero-order valence-electron chi connectivity index (χ0n) is 17.8. The smallest absolute Gasteiger partial charge is 0.150 e. The van der Waals surface area contributed by atoms with E-state index in [1.165, 1.54) is 16.8 Å². The second-order valence-corrected chi connectivity index (χ2v) is 9.95. The van der Waals surface area contributed by atoms with E-state index in [4.69, 9.17) is 15.2 Å². The minimum absolute atomic E-state index is 0.499. The monoisotopic (exact) mass is 529 g/mol. The maximum absolute atomic E-state index is 9.03. The number of fused-ring (bicyclic) bond motifs is 1. The van der Waals surface area contributed by atoms with E-state index in [9.17, 15) is 0 Å². The second-order valence-electron chi connectivity index (χ2n) is 8.18. The zero-order valence-corrected chi connectivity index (χ0v) is 20.9. The molecule has 1 aliphatic rings. The quantitative estimate of drug-likeness (QED) is 0.398. The Kier molecular flexibility index (Phi) is 5.91. The molecule has 4 rings (SSSR count). The van der Waals surface area contributed by atoms with E-state index >= 15 is 0 Å². The Morgan fingerprint density at radius 1 is 1.10 bits per heavy atom. The molecule has 0 spiro atoms. The van der Waals surface area contributed by atoms with Crippen molar-refractivity contribution in [1.29, 1.82) is 5.26 Å². The molecule has 1 aromatic carbocycles. The predicted molar refractivity (Wildman–Crippen MR) is 128 cm³/mol. The molecule has 1 aliphatic heterocycles. The van der Waals surface area contributed by atoms with Crippen LogP contribution in [0.25, 0.3) is 16.7 Å². The summed E-state index contributed by atoms with van der Waals surface area (Å²) in [6.07, 6.45) is 2.72. The Balaban J connectivity index is 1.89. The number of nitrogens with zero attached hydrogens (tertiary/aromatic N) is 5. The lowest BCUT2D eigenvalue weighted by molar-refractivity contribution is 0.411. The average molecular weight is 531 g/mol. The number of hydrogen-bond acceptors (Lipinski definition) is 4. The SMILES string of the molecule is Cc1nc(N2CCC(CC#N)CC2)c2c(C)c(C)n(-c3c(C)cc(Br)cc3Br)c2n1. The van der Waals surface area contributed by atoms with Gasteiger partial charge in [-0.05, 0) is 85.6 Å². The lowest BCUT2D eigenvalue weighted by Crippen LogP contribution is -2.34. The summed E-state index contributed by atoms with van der Waals surface area (Å²) in [6.45, 7) is 10.3. The molecule has 0 radical (unpaired) electrons. The summed E-state index contributed by atoms with van der Waals surface area (Å²) in [5.74, 6) is 2.30. The highest BCUT2D eigenvalue weighted by Gasteiger charge is 2.26. The molecule has 0 amide bonds. The van der Waals surface area contributed by atoms with Gasteiger partial charge in [0.2, 0.25) is 0 Å². The molecule has 2 aromatic heterocycles. The summed E-state index contributed by atoms with van der Waals surface area (Å²) in [5.41, 5.74) is 5.64. The van der Waals surface area contributed by atoms with Crippen LogP contribution in [0, 0.1) is 44.9 Å². The molecule has 0 saturated carbocycles. The molecular formula is C23H25Br2N5. The van der Waals surface area contributed by atoms with Crippen LogP contribution in [-0.2, 0) is 0 Å². The first-order valence-corrected chi connectivity index (χ1v) is 11.8. The van der Waals surface area contributed by atoms with E-state index in [0.717, 1.165) is 63.2 Å². The van der Waals surface area contributed by atoms with Crippen molar-refractivity contribution in [3.8, 4) is 11.8 Å². The van der Waals surface area contributed by atoms with Crippen LogP contribution in [0.3, 0.4) is 0 Å². The van der Waals surface area contributed by atoms with Crippen molar-refractivity contribution >= 4 is 48.7 Å². The fraction of sp³-hybridized carbons (Fsp3) is 0.435. The van der Waals surface area contributed by atoms with Crippen LogP contribution in [0.5, 0.6) is 0 Å². The molecule has 156 valence electrons. The number of hydrogen-bond donors (Lipinski definition) is 0. The van der Waals surface area contributed by atoms with Crippen LogP contribution in [0.15, 0.2) is 21.1 Å². The minimum Gasteiger partial charge on any atom is -0.356 e. The highest BCUT2D eigenvalue weighted by Crippen LogP contribution is 2.38. The molecule has 0 unspecified atom stereocenters. The van der Waals surface area contributed by atoms with Crippen molar-refractivity contribution in [2.75, 3.05) is 18.0 Å². The number of aromatic nitrogens is 3. The van der Waals surface area contributed by atoms with E-state index in [1.807, 2.05) is 6.92 Å². The number of benzene rings is 1. The molecule has 1 saturated heterocycles. The van der Waals surface area contributed by atoms with Crippen molar-refractivity contribution in [2.45, 2.75) is 47.0 Å². The topological polar surface area (TPSA) is 57.7 Å². The Bertz CT molecular complexity index is 1140. The Morgan fingerprint density at radius 3 is 2.43 bits per heavy atom. The number of halogens is 2.